The first-order chi connectivity index (χ1) is 13.2. The molecule has 0 aliphatic heterocycles. The highest BCUT2D eigenvalue weighted by Crippen LogP contribution is 2.01. The third kappa shape index (κ3) is 8.79. The number of nitrogens with one attached hydrogen (secondary N) is 3. The van der Waals surface area contributed by atoms with Crippen LogP contribution in [0.25, 0.3) is 0 Å². The van der Waals surface area contributed by atoms with Crippen LogP contribution in [0.3, 0.4) is 0 Å². The normalized spacial score (nSPS) is 9.64. The third-order valence-corrected chi connectivity index (χ3v) is 3.60. The van der Waals surface area contributed by atoms with E-state index in [0.717, 1.165) is 18.5 Å². The van der Waals surface area contributed by atoms with E-state index in [4.69, 9.17) is 10.4 Å². The molecule has 28 heavy (non-hydrogen) atoms. The van der Waals surface area contributed by atoms with E-state index in [1.165, 1.54) is 5.56 Å². The number of nitrogens with two attached hydrogens (primary N) is 1. The Morgan fingerprint density at radius 3 is 2.18 bits per heavy atom. The molecule has 3 aromatic rings. The second-order valence-electron chi connectivity index (χ2n) is 5.81. The summed E-state index contributed by atoms with van der Waals surface area (Å²) in [5.41, 5.74) is 10.7. The fraction of sp³-hybridized carbons (Fsp3) is 0.200. The van der Waals surface area contributed by atoms with E-state index in [2.05, 4.69) is 33.6 Å². The minimum atomic E-state index is -0.308. The molecule has 0 atom stereocenters. The van der Waals surface area contributed by atoms with Crippen LogP contribution in [0.1, 0.15) is 27.4 Å². The van der Waals surface area contributed by atoms with Crippen molar-refractivity contribution in [1.29, 1.82) is 0 Å². The molecule has 1 heterocycles. The van der Waals surface area contributed by atoms with Crippen LogP contribution in [-0.4, -0.2) is 17.6 Å². The highest BCUT2D eigenvalue weighted by molar-refractivity contribution is 5.91. The Morgan fingerprint density at radius 2 is 1.64 bits per heavy atom. The molecule has 0 fully saturated rings. The van der Waals surface area contributed by atoms with Crippen molar-refractivity contribution in [3.05, 3.63) is 89.3 Å². The van der Waals surface area contributed by atoms with Crippen LogP contribution in [0.2, 0.25) is 0 Å². The standard InChI is InChI=1S/C12H13N3O2.C8H12N2.ClH/c1-9-7-11(15-17-9)12(16)14-13-8-10-5-3-2-4-6-10;9-10-7-6-8-4-2-1-3-5-8;/h2-7,13H,8H2,1H3,(H,14,16);1-5,10H,6-7,9H2;1H. The molecular formula is C20H26ClN5O2. The number of hydrazine groups is 2. The van der Waals surface area contributed by atoms with Gasteiger partial charge in [0.1, 0.15) is 5.76 Å². The average molecular weight is 404 g/mol. The first-order valence-electron chi connectivity index (χ1n) is 8.67. The predicted octanol–water partition coefficient (Wildman–Crippen LogP) is 2.53. The van der Waals surface area contributed by atoms with Crippen LogP contribution in [0.4, 0.5) is 0 Å². The molecule has 3 rings (SSSR count). The van der Waals surface area contributed by atoms with Crippen molar-refractivity contribution in [2.75, 3.05) is 6.54 Å². The maximum Gasteiger partial charge on any atom is 0.287 e. The summed E-state index contributed by atoms with van der Waals surface area (Å²) in [6.07, 6.45) is 0.997. The van der Waals surface area contributed by atoms with Gasteiger partial charge in [0, 0.05) is 19.2 Å². The Morgan fingerprint density at radius 1 is 1.04 bits per heavy atom. The minimum absolute atomic E-state index is 0. The number of aromatic nitrogens is 1. The monoisotopic (exact) mass is 403 g/mol. The van der Waals surface area contributed by atoms with Crippen molar-refractivity contribution in [3.63, 3.8) is 0 Å². The van der Waals surface area contributed by atoms with Gasteiger partial charge in [0.2, 0.25) is 0 Å². The maximum atomic E-state index is 11.6. The molecule has 0 saturated carbocycles. The van der Waals surface area contributed by atoms with Crippen LogP contribution in [-0.2, 0) is 13.0 Å². The number of benzene rings is 2. The summed E-state index contributed by atoms with van der Waals surface area (Å²) >= 11 is 0. The van der Waals surface area contributed by atoms with E-state index in [0.29, 0.717) is 12.3 Å². The molecule has 0 aliphatic carbocycles. The Labute approximate surface area is 171 Å². The third-order valence-electron chi connectivity index (χ3n) is 3.60. The van der Waals surface area contributed by atoms with Crippen molar-refractivity contribution in [2.45, 2.75) is 19.9 Å². The zero-order chi connectivity index (χ0) is 19.3. The summed E-state index contributed by atoms with van der Waals surface area (Å²) in [6.45, 7) is 3.13. The maximum absolute atomic E-state index is 11.6. The highest BCUT2D eigenvalue weighted by Gasteiger charge is 2.09. The first kappa shape index (κ1) is 23.3. The molecule has 1 amide bonds. The molecule has 0 bridgehead atoms. The molecular weight excluding hydrogens is 378 g/mol. The second-order valence-corrected chi connectivity index (χ2v) is 5.81. The zero-order valence-electron chi connectivity index (χ0n) is 15.7. The molecule has 1 aromatic heterocycles. The zero-order valence-corrected chi connectivity index (χ0v) is 16.5. The van der Waals surface area contributed by atoms with Gasteiger partial charge < -0.3 is 4.52 Å². The SMILES string of the molecule is Cc1cc(C(=O)NNCc2ccccc2)no1.Cl.NNCCc1ccccc1. The fourth-order valence-electron chi connectivity index (χ4n) is 2.22. The molecule has 0 saturated heterocycles. The van der Waals surface area contributed by atoms with E-state index in [1.54, 1.807) is 13.0 Å². The fourth-order valence-corrected chi connectivity index (χ4v) is 2.22. The molecule has 2 aromatic carbocycles. The van der Waals surface area contributed by atoms with Crippen molar-refractivity contribution >= 4 is 18.3 Å². The molecule has 0 unspecified atom stereocenters. The van der Waals surface area contributed by atoms with Crippen LogP contribution in [0.15, 0.2) is 71.3 Å². The number of rotatable bonds is 7. The molecule has 7 nitrogen and oxygen atoms in total. The lowest BCUT2D eigenvalue weighted by atomic mass is 10.2. The number of aryl methyl sites for hydroxylation is 1. The summed E-state index contributed by atoms with van der Waals surface area (Å²) in [6, 6.07) is 21.6. The molecule has 150 valence electrons. The van der Waals surface area contributed by atoms with E-state index in [1.807, 2.05) is 48.5 Å². The van der Waals surface area contributed by atoms with Crippen LogP contribution in [0, 0.1) is 6.92 Å². The molecule has 0 radical (unpaired) electrons. The average Bonchev–Trinajstić information content (AvgIpc) is 3.15. The van der Waals surface area contributed by atoms with Gasteiger partial charge in [-0.05, 0) is 24.5 Å². The summed E-state index contributed by atoms with van der Waals surface area (Å²) in [7, 11) is 0. The second kappa shape index (κ2) is 13.5. The van der Waals surface area contributed by atoms with Crippen LogP contribution >= 0.6 is 12.4 Å². The Balaban J connectivity index is 0.000000307. The quantitative estimate of drug-likeness (QED) is 0.357. The van der Waals surface area contributed by atoms with E-state index in [9.17, 15) is 4.79 Å². The lowest BCUT2D eigenvalue weighted by Gasteiger charge is -2.04. The van der Waals surface area contributed by atoms with Gasteiger partial charge >= 0.3 is 0 Å². The van der Waals surface area contributed by atoms with Crippen molar-refractivity contribution < 1.29 is 9.32 Å². The number of hydrogen-bond donors (Lipinski definition) is 4. The number of hydrogen-bond acceptors (Lipinski definition) is 6. The van der Waals surface area contributed by atoms with Gasteiger partial charge in [-0.15, -0.1) is 12.4 Å². The van der Waals surface area contributed by atoms with Gasteiger partial charge in [-0.2, -0.15) is 0 Å². The topological polar surface area (TPSA) is 105 Å². The van der Waals surface area contributed by atoms with Crippen LogP contribution < -0.4 is 22.1 Å². The lowest BCUT2D eigenvalue weighted by molar-refractivity contribution is 0.0923. The first-order valence-corrected chi connectivity index (χ1v) is 8.67. The number of amides is 1. The number of nitrogens with zero attached hydrogens (tertiary/aromatic N) is 1. The number of carbonyl (C=O) groups is 1. The van der Waals surface area contributed by atoms with Gasteiger partial charge in [-0.1, -0.05) is 65.8 Å². The lowest BCUT2D eigenvalue weighted by Crippen LogP contribution is -2.36. The summed E-state index contributed by atoms with van der Waals surface area (Å²) in [5.74, 6) is 5.43. The largest absolute Gasteiger partial charge is 0.361 e. The smallest absolute Gasteiger partial charge is 0.287 e. The number of halogens is 1. The Hall–Kier alpha value is -2.71. The summed E-state index contributed by atoms with van der Waals surface area (Å²) in [4.78, 5) is 11.6. The van der Waals surface area contributed by atoms with Crippen molar-refractivity contribution in [2.24, 2.45) is 5.84 Å². The van der Waals surface area contributed by atoms with Gasteiger partial charge in [0.05, 0.1) is 0 Å². The molecule has 5 N–H and O–H groups in total. The summed E-state index contributed by atoms with van der Waals surface area (Å²) < 4.78 is 4.81. The van der Waals surface area contributed by atoms with Crippen molar-refractivity contribution in [1.82, 2.24) is 21.4 Å². The molecule has 0 spiro atoms. The minimum Gasteiger partial charge on any atom is -0.361 e. The van der Waals surface area contributed by atoms with Gasteiger partial charge in [-0.3, -0.25) is 21.5 Å². The van der Waals surface area contributed by atoms with E-state index >= 15 is 0 Å². The van der Waals surface area contributed by atoms with E-state index < -0.39 is 0 Å². The van der Waals surface area contributed by atoms with Gasteiger partial charge in [-0.25, -0.2) is 5.43 Å². The summed E-state index contributed by atoms with van der Waals surface area (Å²) in [5, 5.41) is 3.61. The Kier molecular flexibility index (Phi) is 11.2. The molecule has 8 heteroatoms. The van der Waals surface area contributed by atoms with Crippen molar-refractivity contribution in [3.8, 4) is 0 Å². The predicted molar refractivity (Wildman–Crippen MR) is 112 cm³/mol. The number of carbonyl (C=O) groups excluding carboxylic acids is 1. The van der Waals surface area contributed by atoms with E-state index in [-0.39, 0.29) is 24.0 Å². The van der Waals surface area contributed by atoms with Gasteiger partial charge in [0.25, 0.3) is 5.91 Å². The van der Waals surface area contributed by atoms with Gasteiger partial charge in [0.15, 0.2) is 5.69 Å². The molecule has 0 aliphatic rings. The van der Waals surface area contributed by atoms with Crippen LogP contribution in [0.5, 0.6) is 0 Å². The highest BCUT2D eigenvalue weighted by atomic mass is 35.5. The Bertz CT molecular complexity index is 797.